The minimum atomic E-state index is -0.424. The van der Waals surface area contributed by atoms with Crippen LogP contribution in [0, 0.1) is 10.1 Å². The molecule has 0 saturated heterocycles. The molecule has 1 N–H and O–H groups in total. The van der Waals surface area contributed by atoms with Gasteiger partial charge in [0.1, 0.15) is 11.4 Å². The molecule has 0 aliphatic heterocycles. The Kier molecular flexibility index (Phi) is 5.00. The number of ether oxygens (including phenoxy) is 1. The van der Waals surface area contributed by atoms with Crippen molar-refractivity contribution in [1.29, 1.82) is 0 Å². The van der Waals surface area contributed by atoms with Crippen LogP contribution in [-0.4, -0.2) is 11.5 Å². The fourth-order valence-electron chi connectivity index (χ4n) is 1.87. The standard InChI is InChI=1S/C15H15ClN2O3/c1-2-21-13-7-8-14(15(9-13)18(19)20)17-10-11-3-5-12(16)6-4-11/h3-9,17H,2,10H2,1H3. The van der Waals surface area contributed by atoms with Gasteiger partial charge in [-0.05, 0) is 36.8 Å². The number of halogens is 1. The van der Waals surface area contributed by atoms with Crippen LogP contribution in [0.1, 0.15) is 12.5 Å². The second-order valence-electron chi connectivity index (χ2n) is 4.35. The van der Waals surface area contributed by atoms with Gasteiger partial charge in [-0.3, -0.25) is 10.1 Å². The third-order valence-electron chi connectivity index (χ3n) is 2.87. The number of nitro benzene ring substituents is 1. The van der Waals surface area contributed by atoms with E-state index in [9.17, 15) is 10.1 Å². The van der Waals surface area contributed by atoms with E-state index in [-0.39, 0.29) is 5.69 Å². The minimum absolute atomic E-state index is 0.00471. The van der Waals surface area contributed by atoms with Crippen molar-refractivity contribution in [3.63, 3.8) is 0 Å². The van der Waals surface area contributed by atoms with Gasteiger partial charge in [0.05, 0.1) is 17.6 Å². The summed E-state index contributed by atoms with van der Waals surface area (Å²) in [5, 5.41) is 14.8. The van der Waals surface area contributed by atoms with Gasteiger partial charge in [-0.2, -0.15) is 0 Å². The van der Waals surface area contributed by atoms with Crippen LogP contribution in [0.15, 0.2) is 42.5 Å². The summed E-state index contributed by atoms with van der Waals surface area (Å²) in [7, 11) is 0. The van der Waals surface area contributed by atoms with Crippen molar-refractivity contribution in [3.05, 3.63) is 63.2 Å². The number of hydrogen-bond acceptors (Lipinski definition) is 4. The van der Waals surface area contributed by atoms with Crippen LogP contribution in [0.2, 0.25) is 5.02 Å². The van der Waals surface area contributed by atoms with Gasteiger partial charge < -0.3 is 10.1 Å². The molecule has 0 spiro atoms. The number of nitrogens with one attached hydrogen (secondary N) is 1. The zero-order valence-electron chi connectivity index (χ0n) is 11.5. The number of benzene rings is 2. The molecule has 5 nitrogen and oxygen atoms in total. The Morgan fingerprint density at radius 3 is 2.57 bits per heavy atom. The summed E-state index contributed by atoms with van der Waals surface area (Å²) >= 11 is 5.82. The molecule has 0 fully saturated rings. The molecule has 0 bridgehead atoms. The fraction of sp³-hybridized carbons (Fsp3) is 0.200. The lowest BCUT2D eigenvalue weighted by Gasteiger charge is -2.09. The molecule has 2 aromatic carbocycles. The highest BCUT2D eigenvalue weighted by Crippen LogP contribution is 2.29. The molecule has 2 rings (SSSR count). The SMILES string of the molecule is CCOc1ccc(NCc2ccc(Cl)cc2)c([N+](=O)[O-])c1. The average molecular weight is 307 g/mol. The van der Waals surface area contributed by atoms with Gasteiger partial charge >= 0.3 is 0 Å². The number of anilines is 1. The Morgan fingerprint density at radius 1 is 1.24 bits per heavy atom. The largest absolute Gasteiger partial charge is 0.494 e. The van der Waals surface area contributed by atoms with Crippen molar-refractivity contribution < 1.29 is 9.66 Å². The number of hydrogen-bond donors (Lipinski definition) is 1. The van der Waals surface area contributed by atoms with Gasteiger partial charge in [0.15, 0.2) is 0 Å². The molecular weight excluding hydrogens is 292 g/mol. The zero-order chi connectivity index (χ0) is 15.2. The summed E-state index contributed by atoms with van der Waals surface area (Å²) in [5.74, 6) is 0.487. The smallest absolute Gasteiger partial charge is 0.296 e. The summed E-state index contributed by atoms with van der Waals surface area (Å²) < 4.78 is 5.28. The van der Waals surface area contributed by atoms with E-state index in [1.807, 2.05) is 19.1 Å². The maximum atomic E-state index is 11.1. The normalized spacial score (nSPS) is 10.2. The van der Waals surface area contributed by atoms with Crippen molar-refractivity contribution >= 4 is 23.0 Å². The molecule has 0 unspecified atom stereocenters. The topological polar surface area (TPSA) is 64.4 Å². The lowest BCUT2D eigenvalue weighted by molar-refractivity contribution is -0.384. The number of nitrogens with zero attached hydrogens (tertiary/aromatic N) is 1. The van der Waals surface area contributed by atoms with E-state index in [0.717, 1.165) is 5.56 Å². The van der Waals surface area contributed by atoms with E-state index < -0.39 is 4.92 Å². The average Bonchev–Trinajstić information content (AvgIpc) is 2.47. The highest BCUT2D eigenvalue weighted by Gasteiger charge is 2.15. The quantitative estimate of drug-likeness (QED) is 0.640. The van der Waals surface area contributed by atoms with Crippen LogP contribution in [0.5, 0.6) is 5.75 Å². The first-order valence-corrected chi connectivity index (χ1v) is 6.87. The molecule has 21 heavy (non-hydrogen) atoms. The number of rotatable bonds is 6. The third kappa shape index (κ3) is 4.10. The molecule has 2 aromatic rings. The molecule has 110 valence electrons. The van der Waals surface area contributed by atoms with Gasteiger partial charge in [-0.1, -0.05) is 23.7 Å². The predicted octanol–water partition coefficient (Wildman–Crippen LogP) is 4.26. The highest BCUT2D eigenvalue weighted by molar-refractivity contribution is 6.30. The van der Waals surface area contributed by atoms with Crippen LogP contribution in [0.25, 0.3) is 0 Å². The summed E-state index contributed by atoms with van der Waals surface area (Å²) in [6, 6.07) is 12.1. The summed E-state index contributed by atoms with van der Waals surface area (Å²) in [4.78, 5) is 10.7. The summed E-state index contributed by atoms with van der Waals surface area (Å²) in [6.07, 6.45) is 0. The van der Waals surface area contributed by atoms with Gasteiger partial charge in [0.25, 0.3) is 5.69 Å². The maximum absolute atomic E-state index is 11.1. The minimum Gasteiger partial charge on any atom is -0.494 e. The van der Waals surface area contributed by atoms with Gasteiger partial charge in [0.2, 0.25) is 0 Å². The van der Waals surface area contributed by atoms with Crippen molar-refractivity contribution in [2.24, 2.45) is 0 Å². The van der Waals surface area contributed by atoms with Gasteiger partial charge in [-0.15, -0.1) is 0 Å². The van der Waals surface area contributed by atoms with E-state index in [1.165, 1.54) is 6.07 Å². The van der Waals surface area contributed by atoms with Gasteiger partial charge in [-0.25, -0.2) is 0 Å². The van der Waals surface area contributed by atoms with Crippen LogP contribution in [0.3, 0.4) is 0 Å². The first kappa shape index (κ1) is 15.1. The van der Waals surface area contributed by atoms with E-state index in [1.54, 1.807) is 24.3 Å². The van der Waals surface area contributed by atoms with E-state index in [0.29, 0.717) is 29.6 Å². The fourth-order valence-corrected chi connectivity index (χ4v) is 1.99. The molecule has 0 aliphatic rings. The molecule has 0 saturated carbocycles. The zero-order valence-corrected chi connectivity index (χ0v) is 12.3. The Balaban J connectivity index is 2.15. The molecule has 0 atom stereocenters. The van der Waals surface area contributed by atoms with Gasteiger partial charge in [0, 0.05) is 11.6 Å². The molecule has 0 radical (unpaired) electrons. The molecule has 6 heteroatoms. The van der Waals surface area contributed by atoms with Crippen molar-refractivity contribution in [2.75, 3.05) is 11.9 Å². The molecule has 0 amide bonds. The Hall–Kier alpha value is -2.27. The molecular formula is C15H15ClN2O3. The molecule has 0 aromatic heterocycles. The van der Waals surface area contributed by atoms with Crippen LogP contribution < -0.4 is 10.1 Å². The van der Waals surface area contributed by atoms with E-state index in [4.69, 9.17) is 16.3 Å². The summed E-state index contributed by atoms with van der Waals surface area (Å²) in [6.45, 7) is 2.78. The molecule has 0 aliphatic carbocycles. The van der Waals surface area contributed by atoms with Crippen molar-refractivity contribution in [1.82, 2.24) is 0 Å². The second-order valence-corrected chi connectivity index (χ2v) is 4.79. The number of nitro groups is 1. The van der Waals surface area contributed by atoms with Crippen LogP contribution >= 0.6 is 11.6 Å². The van der Waals surface area contributed by atoms with Crippen LogP contribution in [0.4, 0.5) is 11.4 Å². The lowest BCUT2D eigenvalue weighted by atomic mass is 10.2. The Morgan fingerprint density at radius 2 is 1.95 bits per heavy atom. The first-order chi connectivity index (χ1) is 10.1. The van der Waals surface area contributed by atoms with E-state index >= 15 is 0 Å². The van der Waals surface area contributed by atoms with E-state index in [2.05, 4.69) is 5.32 Å². The third-order valence-corrected chi connectivity index (χ3v) is 3.13. The Labute approximate surface area is 127 Å². The predicted molar refractivity (Wildman–Crippen MR) is 83.0 cm³/mol. The first-order valence-electron chi connectivity index (χ1n) is 6.49. The summed E-state index contributed by atoms with van der Waals surface area (Å²) in [5.41, 5.74) is 1.44. The monoisotopic (exact) mass is 306 g/mol. The molecule has 0 heterocycles. The lowest BCUT2D eigenvalue weighted by Crippen LogP contribution is -2.03. The highest BCUT2D eigenvalue weighted by atomic mass is 35.5. The maximum Gasteiger partial charge on any atom is 0.296 e. The second kappa shape index (κ2) is 6.95. The Bertz CT molecular complexity index is 629. The van der Waals surface area contributed by atoms with Crippen molar-refractivity contribution in [2.45, 2.75) is 13.5 Å². The van der Waals surface area contributed by atoms with Crippen LogP contribution in [-0.2, 0) is 6.54 Å². The van der Waals surface area contributed by atoms with Crippen molar-refractivity contribution in [3.8, 4) is 5.75 Å².